The minimum Gasteiger partial charge on any atom is -0.338 e. The fraction of sp³-hybridized carbons (Fsp3) is 0.273. The van der Waals surface area contributed by atoms with Crippen LogP contribution < -0.4 is 0 Å². The molecule has 0 aromatic carbocycles. The molecule has 0 aliphatic carbocycles. The van der Waals surface area contributed by atoms with Crippen LogP contribution in [0.3, 0.4) is 0 Å². The number of nitriles is 1. The molecule has 3 aromatic rings. The molecular weight excluding hydrogens is 383 g/mol. The van der Waals surface area contributed by atoms with E-state index in [4.69, 9.17) is 5.26 Å². The maximum Gasteiger partial charge on any atom is 0.256 e. The number of likely N-dealkylation sites (tertiary alicyclic amines) is 1. The van der Waals surface area contributed by atoms with Crippen molar-refractivity contribution >= 4 is 5.91 Å². The van der Waals surface area contributed by atoms with Gasteiger partial charge in [0.15, 0.2) is 0 Å². The molecule has 1 amide bonds. The number of hydrogen-bond donors (Lipinski definition) is 0. The smallest absolute Gasteiger partial charge is 0.256 e. The minimum atomic E-state index is -1.43. The van der Waals surface area contributed by atoms with Crippen LogP contribution in [0.5, 0.6) is 0 Å². The zero-order chi connectivity index (χ0) is 21.0. The van der Waals surface area contributed by atoms with Gasteiger partial charge in [-0.3, -0.25) is 14.8 Å². The van der Waals surface area contributed by atoms with Crippen molar-refractivity contribution in [2.24, 2.45) is 0 Å². The van der Waals surface area contributed by atoms with Crippen molar-refractivity contribution in [3.8, 4) is 17.5 Å². The first-order chi connectivity index (χ1) is 14.6. The van der Waals surface area contributed by atoms with Crippen molar-refractivity contribution in [2.45, 2.75) is 24.9 Å². The molecule has 0 radical (unpaired) electrons. The Hall–Kier alpha value is -3.73. The Balaban J connectivity index is 1.45. The topological polar surface area (TPSA) is 95.7 Å². The third-order valence-corrected chi connectivity index (χ3v) is 5.26. The normalized spacial score (nSPS) is 15.4. The minimum absolute atomic E-state index is 0.166. The fourth-order valence-electron chi connectivity index (χ4n) is 3.59. The second-order valence-corrected chi connectivity index (χ2v) is 7.26. The van der Waals surface area contributed by atoms with Gasteiger partial charge in [0.2, 0.25) is 0 Å². The second-order valence-electron chi connectivity index (χ2n) is 7.26. The average molecular weight is 402 g/mol. The first-order valence-electron chi connectivity index (χ1n) is 9.63. The van der Waals surface area contributed by atoms with Crippen LogP contribution in [-0.2, 0) is 6.42 Å². The van der Waals surface area contributed by atoms with Crippen molar-refractivity contribution in [1.29, 1.82) is 5.26 Å². The monoisotopic (exact) mass is 402 g/mol. The van der Waals surface area contributed by atoms with Crippen molar-refractivity contribution in [3.63, 3.8) is 0 Å². The van der Waals surface area contributed by atoms with E-state index in [2.05, 4.69) is 19.9 Å². The molecule has 1 aliphatic heterocycles. The largest absolute Gasteiger partial charge is 0.338 e. The summed E-state index contributed by atoms with van der Waals surface area (Å²) in [6.07, 6.45) is 6.69. The lowest BCUT2D eigenvalue weighted by Crippen LogP contribution is -2.45. The summed E-state index contributed by atoms with van der Waals surface area (Å²) in [5, 5.41) is 8.85. The summed E-state index contributed by atoms with van der Waals surface area (Å²) < 4.78 is 15.4. The van der Waals surface area contributed by atoms with E-state index in [1.807, 2.05) is 6.07 Å². The molecule has 0 saturated carbocycles. The Kier molecular flexibility index (Phi) is 5.44. The van der Waals surface area contributed by atoms with E-state index >= 15 is 4.39 Å². The number of amides is 1. The van der Waals surface area contributed by atoms with E-state index in [0.29, 0.717) is 41.3 Å². The molecule has 0 spiro atoms. The maximum absolute atomic E-state index is 15.4. The number of halogens is 1. The Morgan fingerprint density at radius 2 is 1.97 bits per heavy atom. The highest BCUT2D eigenvalue weighted by Crippen LogP contribution is 2.31. The number of nitrogens with zero attached hydrogens (tertiary/aromatic N) is 6. The highest BCUT2D eigenvalue weighted by atomic mass is 19.1. The van der Waals surface area contributed by atoms with Gasteiger partial charge < -0.3 is 4.90 Å². The molecule has 0 unspecified atom stereocenters. The maximum atomic E-state index is 15.4. The lowest BCUT2D eigenvalue weighted by Gasteiger charge is -2.36. The van der Waals surface area contributed by atoms with Crippen LogP contribution in [0.4, 0.5) is 4.39 Å². The van der Waals surface area contributed by atoms with Crippen molar-refractivity contribution < 1.29 is 9.18 Å². The molecule has 0 bridgehead atoms. The van der Waals surface area contributed by atoms with E-state index < -0.39 is 5.67 Å². The van der Waals surface area contributed by atoms with Gasteiger partial charge in [0.25, 0.3) is 5.91 Å². The summed E-state index contributed by atoms with van der Waals surface area (Å²) in [6, 6.07) is 10.4. The van der Waals surface area contributed by atoms with Gasteiger partial charge in [-0.2, -0.15) is 5.26 Å². The van der Waals surface area contributed by atoms with Crippen molar-refractivity contribution in [2.75, 3.05) is 13.1 Å². The average Bonchev–Trinajstić information content (AvgIpc) is 2.80. The van der Waals surface area contributed by atoms with Gasteiger partial charge in [0.1, 0.15) is 23.8 Å². The predicted molar refractivity (Wildman–Crippen MR) is 107 cm³/mol. The molecule has 8 heteroatoms. The zero-order valence-electron chi connectivity index (χ0n) is 16.2. The Bertz CT molecular complexity index is 1070. The third-order valence-electron chi connectivity index (χ3n) is 5.26. The molecule has 1 fully saturated rings. The lowest BCUT2D eigenvalue weighted by molar-refractivity contribution is 0.0434. The summed E-state index contributed by atoms with van der Waals surface area (Å²) in [4.78, 5) is 31.3. The van der Waals surface area contributed by atoms with E-state index in [9.17, 15) is 4.79 Å². The van der Waals surface area contributed by atoms with Gasteiger partial charge in [-0.05, 0) is 43.2 Å². The molecule has 7 nitrogen and oxygen atoms in total. The summed E-state index contributed by atoms with van der Waals surface area (Å²) in [5.41, 5.74) is 1.12. The number of pyridine rings is 2. The number of piperidine rings is 1. The molecule has 1 aliphatic rings. The number of rotatable bonds is 4. The SMILES string of the molecule is N#Cc1ccc(CC2(F)CCN(C(=O)c3cccnc3-c3ccncn3)CC2)nc1. The number of hydrogen-bond acceptors (Lipinski definition) is 6. The molecule has 0 atom stereocenters. The number of carbonyl (C=O) groups excluding carboxylic acids is 1. The molecule has 30 heavy (non-hydrogen) atoms. The van der Waals surface area contributed by atoms with Crippen LogP contribution in [0.1, 0.15) is 34.5 Å². The summed E-state index contributed by atoms with van der Waals surface area (Å²) in [6.45, 7) is 0.618. The van der Waals surface area contributed by atoms with Gasteiger partial charge in [-0.25, -0.2) is 14.4 Å². The third kappa shape index (κ3) is 4.15. The Labute approximate surface area is 173 Å². The molecular formula is C22H19FN6O. The van der Waals surface area contributed by atoms with Gasteiger partial charge in [-0.1, -0.05) is 0 Å². The molecule has 4 heterocycles. The fourth-order valence-corrected chi connectivity index (χ4v) is 3.59. The zero-order valence-corrected chi connectivity index (χ0v) is 16.2. The molecule has 150 valence electrons. The molecule has 3 aromatic heterocycles. The number of carbonyl (C=O) groups is 1. The van der Waals surface area contributed by atoms with Gasteiger partial charge >= 0.3 is 0 Å². The summed E-state index contributed by atoms with van der Waals surface area (Å²) in [5.74, 6) is -0.185. The van der Waals surface area contributed by atoms with Crippen LogP contribution in [0.25, 0.3) is 11.4 Å². The van der Waals surface area contributed by atoms with E-state index in [-0.39, 0.29) is 25.2 Å². The van der Waals surface area contributed by atoms with Crippen LogP contribution in [-0.4, -0.2) is 49.5 Å². The van der Waals surface area contributed by atoms with E-state index in [0.717, 1.165) is 0 Å². The summed E-state index contributed by atoms with van der Waals surface area (Å²) >= 11 is 0. The number of aromatic nitrogens is 4. The van der Waals surface area contributed by atoms with E-state index in [1.165, 1.54) is 12.5 Å². The van der Waals surface area contributed by atoms with Crippen LogP contribution >= 0.6 is 0 Å². The lowest BCUT2D eigenvalue weighted by atomic mass is 9.88. The predicted octanol–water partition coefficient (Wildman–Crippen LogP) is 2.99. The van der Waals surface area contributed by atoms with Gasteiger partial charge in [0, 0.05) is 43.8 Å². The van der Waals surface area contributed by atoms with Gasteiger partial charge in [0.05, 0.1) is 16.8 Å². The van der Waals surface area contributed by atoms with E-state index in [1.54, 1.807) is 47.6 Å². The Morgan fingerprint density at radius 3 is 2.63 bits per heavy atom. The second kappa shape index (κ2) is 8.33. The van der Waals surface area contributed by atoms with Crippen molar-refractivity contribution in [3.05, 3.63) is 72.1 Å². The van der Waals surface area contributed by atoms with Crippen molar-refractivity contribution in [1.82, 2.24) is 24.8 Å². The van der Waals surface area contributed by atoms with Crippen LogP contribution in [0.2, 0.25) is 0 Å². The highest BCUT2D eigenvalue weighted by molar-refractivity contribution is 5.99. The quantitative estimate of drug-likeness (QED) is 0.666. The van der Waals surface area contributed by atoms with Gasteiger partial charge in [-0.15, -0.1) is 0 Å². The van der Waals surface area contributed by atoms with Crippen LogP contribution in [0.15, 0.2) is 55.2 Å². The number of alkyl halides is 1. The first kappa shape index (κ1) is 19.6. The molecule has 1 saturated heterocycles. The summed E-state index contributed by atoms with van der Waals surface area (Å²) in [7, 11) is 0. The highest BCUT2D eigenvalue weighted by Gasteiger charge is 2.37. The first-order valence-corrected chi connectivity index (χ1v) is 9.63. The molecule has 4 rings (SSSR count). The Morgan fingerprint density at radius 1 is 1.13 bits per heavy atom. The standard InChI is InChI=1S/C22H19FN6O/c23-22(12-17-4-3-16(13-24)14-27-17)6-10-29(11-7-22)21(30)18-2-1-8-26-20(18)19-5-9-25-15-28-19/h1-5,8-9,14-15H,6-7,10-12H2. The molecule has 0 N–H and O–H groups in total. The van der Waals surface area contributed by atoms with Crippen LogP contribution in [0, 0.1) is 11.3 Å².